The summed E-state index contributed by atoms with van der Waals surface area (Å²) in [5.74, 6) is 0.0276. The molecule has 0 saturated carbocycles. The van der Waals surface area contributed by atoms with Gasteiger partial charge in [0.2, 0.25) is 10.0 Å². The molecule has 1 aromatic carbocycles. The van der Waals surface area contributed by atoms with Gasteiger partial charge < -0.3 is 15.0 Å². The minimum atomic E-state index is -3.50. The molecule has 1 aliphatic heterocycles. The average molecular weight is 488 g/mol. The van der Waals surface area contributed by atoms with Gasteiger partial charge in [-0.15, -0.1) is 0 Å². The van der Waals surface area contributed by atoms with Crippen molar-refractivity contribution in [2.24, 2.45) is 5.92 Å². The summed E-state index contributed by atoms with van der Waals surface area (Å²) in [5.41, 5.74) is 0.644. The predicted molar refractivity (Wildman–Crippen MR) is 128 cm³/mol. The zero-order valence-corrected chi connectivity index (χ0v) is 20.7. The van der Waals surface area contributed by atoms with Crippen molar-refractivity contribution >= 4 is 33.3 Å². The van der Waals surface area contributed by atoms with Crippen LogP contribution in [0, 0.1) is 11.7 Å². The molecule has 0 aliphatic carbocycles. The summed E-state index contributed by atoms with van der Waals surface area (Å²) in [6.07, 6.45) is 3.77. The summed E-state index contributed by atoms with van der Waals surface area (Å²) in [5, 5.41) is 2.58. The zero-order chi connectivity index (χ0) is 23.7. The third kappa shape index (κ3) is 8.29. The van der Waals surface area contributed by atoms with Gasteiger partial charge in [-0.3, -0.25) is 0 Å². The second-order valence-electron chi connectivity index (χ2n) is 8.18. The van der Waals surface area contributed by atoms with E-state index in [1.807, 2.05) is 0 Å². The van der Waals surface area contributed by atoms with Gasteiger partial charge in [-0.25, -0.2) is 22.3 Å². The summed E-state index contributed by atoms with van der Waals surface area (Å²) in [4.78, 5) is 13.7. The van der Waals surface area contributed by atoms with E-state index < -0.39 is 21.9 Å². The lowest BCUT2D eigenvalue weighted by molar-refractivity contribution is 0.216. The standard InChI is InChI=1S/C22H34FN3O4S2/c1-4-17(5-2)15-30-20-13-18(9-10-19(20)23)16(3)25-32(28,29)12-8-6-7-11-26-14-21(31)24-22(26)27/h9-10,13,16-17,25H,4-8,11-12,14-15H2,1-3H3,(H,24,27,31)/t16-/m1/s1. The lowest BCUT2D eigenvalue weighted by Crippen LogP contribution is -2.30. The van der Waals surface area contributed by atoms with E-state index in [1.165, 1.54) is 6.07 Å². The first kappa shape index (κ1) is 26.5. The normalized spacial score (nSPS) is 15.3. The van der Waals surface area contributed by atoms with Crippen LogP contribution in [0.3, 0.4) is 0 Å². The van der Waals surface area contributed by atoms with Crippen LogP contribution in [0.5, 0.6) is 5.75 Å². The number of sulfonamides is 1. The van der Waals surface area contributed by atoms with Crippen LogP contribution in [0.2, 0.25) is 0 Å². The minimum absolute atomic E-state index is 0.0127. The summed E-state index contributed by atoms with van der Waals surface area (Å²) >= 11 is 4.97. The molecule has 7 nitrogen and oxygen atoms in total. The van der Waals surface area contributed by atoms with Crippen molar-refractivity contribution in [3.05, 3.63) is 29.6 Å². The Morgan fingerprint density at radius 3 is 2.59 bits per heavy atom. The number of amides is 2. The number of unbranched alkanes of at least 4 members (excludes halogenated alkanes) is 2. The van der Waals surface area contributed by atoms with E-state index in [9.17, 15) is 17.6 Å². The van der Waals surface area contributed by atoms with Gasteiger partial charge in [0.1, 0.15) is 4.99 Å². The van der Waals surface area contributed by atoms with Crippen molar-refractivity contribution in [3.63, 3.8) is 0 Å². The first-order valence-corrected chi connectivity index (χ1v) is 13.2. The van der Waals surface area contributed by atoms with Crippen molar-refractivity contribution in [1.29, 1.82) is 0 Å². The largest absolute Gasteiger partial charge is 0.490 e. The fraction of sp³-hybridized carbons (Fsp3) is 0.636. The van der Waals surface area contributed by atoms with Crippen LogP contribution in [0.4, 0.5) is 9.18 Å². The minimum Gasteiger partial charge on any atom is -0.490 e. The predicted octanol–water partition coefficient (Wildman–Crippen LogP) is 4.14. The van der Waals surface area contributed by atoms with Gasteiger partial charge >= 0.3 is 6.03 Å². The highest BCUT2D eigenvalue weighted by atomic mass is 32.2. The first-order chi connectivity index (χ1) is 15.1. The van der Waals surface area contributed by atoms with Gasteiger partial charge in [0, 0.05) is 12.6 Å². The molecule has 1 saturated heterocycles. The van der Waals surface area contributed by atoms with Gasteiger partial charge in [-0.05, 0) is 43.4 Å². The number of urea groups is 1. The van der Waals surface area contributed by atoms with Crippen LogP contribution < -0.4 is 14.8 Å². The van der Waals surface area contributed by atoms with Crippen molar-refractivity contribution in [1.82, 2.24) is 14.9 Å². The van der Waals surface area contributed by atoms with E-state index in [2.05, 4.69) is 23.9 Å². The molecule has 1 aromatic rings. The van der Waals surface area contributed by atoms with Gasteiger partial charge in [0.15, 0.2) is 11.6 Å². The average Bonchev–Trinajstić information content (AvgIpc) is 3.06. The molecule has 1 aliphatic rings. The Labute approximate surface area is 196 Å². The second kappa shape index (κ2) is 12.5. The number of thiocarbonyl (C=S) groups is 1. The Kier molecular flexibility index (Phi) is 10.3. The highest BCUT2D eigenvalue weighted by Crippen LogP contribution is 2.24. The van der Waals surface area contributed by atoms with Crippen LogP contribution in [0.1, 0.15) is 64.5 Å². The molecule has 32 heavy (non-hydrogen) atoms. The fourth-order valence-electron chi connectivity index (χ4n) is 3.46. The molecular weight excluding hydrogens is 453 g/mol. The van der Waals surface area contributed by atoms with E-state index >= 15 is 0 Å². The van der Waals surface area contributed by atoms with E-state index in [0.29, 0.717) is 55.4 Å². The number of nitrogens with one attached hydrogen (secondary N) is 2. The molecule has 1 heterocycles. The molecule has 0 radical (unpaired) electrons. The molecule has 2 N–H and O–H groups in total. The Morgan fingerprint density at radius 2 is 1.97 bits per heavy atom. The summed E-state index contributed by atoms with van der Waals surface area (Å²) in [6.45, 7) is 7.26. The van der Waals surface area contributed by atoms with E-state index in [0.717, 1.165) is 12.8 Å². The third-order valence-corrected chi connectivity index (χ3v) is 7.42. The van der Waals surface area contributed by atoms with E-state index in [1.54, 1.807) is 24.0 Å². The SMILES string of the molecule is CCC(CC)COc1cc([C@@H](C)NS(=O)(=O)CCCCCN2CC(=S)NC2=O)ccc1F. The van der Waals surface area contributed by atoms with Gasteiger partial charge in [-0.2, -0.15) is 0 Å². The first-order valence-electron chi connectivity index (χ1n) is 11.2. The Hall–Kier alpha value is -1.78. The Balaban J connectivity index is 1.81. The quantitative estimate of drug-likeness (QED) is 0.304. The number of benzene rings is 1. The number of nitrogens with zero attached hydrogens (tertiary/aromatic N) is 1. The number of halogens is 1. The maximum absolute atomic E-state index is 14.1. The van der Waals surface area contributed by atoms with Crippen molar-refractivity contribution in [2.45, 2.75) is 58.9 Å². The highest BCUT2D eigenvalue weighted by molar-refractivity contribution is 7.89. The number of carbonyl (C=O) groups excluding carboxylic acids is 1. The van der Waals surface area contributed by atoms with Crippen LogP contribution in [0.25, 0.3) is 0 Å². The van der Waals surface area contributed by atoms with Gasteiger partial charge in [0.05, 0.1) is 18.9 Å². The molecule has 180 valence electrons. The smallest absolute Gasteiger partial charge is 0.322 e. The maximum Gasteiger partial charge on any atom is 0.322 e. The van der Waals surface area contributed by atoms with E-state index in [-0.39, 0.29) is 17.5 Å². The van der Waals surface area contributed by atoms with Crippen LogP contribution in [-0.2, 0) is 10.0 Å². The number of hydrogen-bond acceptors (Lipinski definition) is 5. The third-order valence-electron chi connectivity index (χ3n) is 5.65. The molecule has 1 atom stereocenters. The second-order valence-corrected chi connectivity index (χ2v) is 10.5. The van der Waals surface area contributed by atoms with Crippen LogP contribution in [0.15, 0.2) is 18.2 Å². The lowest BCUT2D eigenvalue weighted by Gasteiger charge is -2.18. The molecule has 0 aromatic heterocycles. The fourth-order valence-corrected chi connectivity index (χ4v) is 5.08. The maximum atomic E-state index is 14.1. The molecule has 2 amide bonds. The summed E-state index contributed by atoms with van der Waals surface area (Å²) < 4.78 is 47.4. The molecule has 0 spiro atoms. The topological polar surface area (TPSA) is 87.7 Å². The number of rotatable bonds is 14. The number of carbonyl (C=O) groups is 1. The monoisotopic (exact) mass is 487 g/mol. The molecule has 2 rings (SSSR count). The van der Waals surface area contributed by atoms with Crippen LogP contribution in [-0.4, -0.2) is 49.8 Å². The van der Waals surface area contributed by atoms with Crippen molar-refractivity contribution < 1.29 is 22.3 Å². The Morgan fingerprint density at radius 1 is 1.25 bits per heavy atom. The molecule has 10 heteroatoms. The van der Waals surface area contributed by atoms with E-state index in [4.69, 9.17) is 17.0 Å². The van der Waals surface area contributed by atoms with Crippen molar-refractivity contribution in [2.75, 3.05) is 25.4 Å². The molecular formula is C22H34FN3O4S2. The molecule has 1 fully saturated rings. The van der Waals surface area contributed by atoms with Gasteiger partial charge in [-0.1, -0.05) is 51.4 Å². The Bertz CT molecular complexity index is 891. The lowest BCUT2D eigenvalue weighted by atomic mass is 10.1. The number of ether oxygens (including phenoxy) is 1. The zero-order valence-electron chi connectivity index (χ0n) is 19.0. The highest BCUT2D eigenvalue weighted by Gasteiger charge is 2.23. The molecule has 0 unspecified atom stereocenters. The summed E-state index contributed by atoms with van der Waals surface area (Å²) in [6, 6.07) is 3.74. The van der Waals surface area contributed by atoms with Crippen LogP contribution >= 0.6 is 12.2 Å². The number of hydrogen-bond donors (Lipinski definition) is 2. The molecule has 0 bridgehead atoms. The van der Waals surface area contributed by atoms with Gasteiger partial charge in [0.25, 0.3) is 0 Å². The summed E-state index contributed by atoms with van der Waals surface area (Å²) in [7, 11) is -3.50. The van der Waals surface area contributed by atoms with Crippen molar-refractivity contribution in [3.8, 4) is 5.75 Å².